The fraction of sp³-hybridized carbons (Fsp3) is 0.417. The molecule has 5 heteroatoms. The highest BCUT2D eigenvalue weighted by Gasteiger charge is 2.34. The summed E-state index contributed by atoms with van der Waals surface area (Å²) in [4.78, 5) is 0. The molecule has 0 spiro atoms. The number of rotatable bonds is 3. The molecule has 1 heterocycles. The number of hydrogen-bond acceptors (Lipinski definition) is 3. The summed E-state index contributed by atoms with van der Waals surface area (Å²) in [7, 11) is -3.54. The summed E-state index contributed by atoms with van der Waals surface area (Å²) >= 11 is 0. The molecule has 0 aliphatic carbocycles. The maximum atomic E-state index is 12.3. The van der Waals surface area contributed by atoms with Gasteiger partial charge in [-0.2, -0.15) is 5.26 Å². The molecule has 1 aromatic carbocycles. The highest BCUT2D eigenvalue weighted by molar-refractivity contribution is 7.93. The largest absolute Gasteiger partial charge is 0.269 e. The van der Waals surface area contributed by atoms with Crippen LogP contribution in [0.5, 0.6) is 0 Å². The Labute approximate surface area is 102 Å². The Bertz CT molecular complexity index is 560. The summed E-state index contributed by atoms with van der Waals surface area (Å²) in [6.07, 6.45) is 1.04. The van der Waals surface area contributed by atoms with E-state index in [0.29, 0.717) is 13.0 Å². The molecule has 0 amide bonds. The van der Waals surface area contributed by atoms with Gasteiger partial charge in [0.05, 0.1) is 11.8 Å². The van der Waals surface area contributed by atoms with E-state index in [1.54, 1.807) is 13.0 Å². The van der Waals surface area contributed by atoms with Crippen LogP contribution in [0.15, 0.2) is 24.3 Å². The third-order valence-corrected chi connectivity index (χ3v) is 5.18. The van der Waals surface area contributed by atoms with Crippen molar-refractivity contribution in [3.05, 3.63) is 29.8 Å². The van der Waals surface area contributed by atoms with E-state index >= 15 is 0 Å². The first-order chi connectivity index (χ1) is 8.11. The molecular formula is C12H14N2O2S. The second-order valence-electron chi connectivity index (χ2n) is 4.02. The van der Waals surface area contributed by atoms with Crippen LogP contribution in [-0.2, 0) is 16.4 Å². The monoisotopic (exact) mass is 250 g/mol. The van der Waals surface area contributed by atoms with Gasteiger partial charge in [0.1, 0.15) is 0 Å². The Morgan fingerprint density at radius 3 is 2.82 bits per heavy atom. The zero-order valence-electron chi connectivity index (χ0n) is 9.63. The molecule has 0 radical (unpaired) electrons. The van der Waals surface area contributed by atoms with Crippen LogP contribution in [-0.4, -0.2) is 20.2 Å². The average molecular weight is 250 g/mol. The van der Waals surface area contributed by atoms with Gasteiger partial charge in [-0.1, -0.05) is 25.1 Å². The van der Waals surface area contributed by atoms with Crippen molar-refractivity contribution in [2.75, 3.05) is 10.8 Å². The minimum Gasteiger partial charge on any atom is -0.269 e. The zero-order chi connectivity index (χ0) is 12.5. The van der Waals surface area contributed by atoms with Crippen molar-refractivity contribution >= 4 is 15.7 Å². The summed E-state index contributed by atoms with van der Waals surface area (Å²) < 4.78 is 25.9. The van der Waals surface area contributed by atoms with Crippen LogP contribution in [0, 0.1) is 11.3 Å². The Morgan fingerprint density at radius 2 is 2.18 bits per heavy atom. The number of nitrogens with zero attached hydrogens (tertiary/aromatic N) is 2. The summed E-state index contributed by atoms with van der Waals surface area (Å²) in [6.45, 7) is 2.16. The first-order valence-electron chi connectivity index (χ1n) is 5.60. The highest BCUT2D eigenvalue weighted by atomic mass is 32.2. The molecule has 1 unspecified atom stereocenters. The quantitative estimate of drug-likeness (QED) is 0.820. The molecule has 1 atom stereocenters. The molecule has 1 aliphatic rings. The van der Waals surface area contributed by atoms with E-state index in [4.69, 9.17) is 5.26 Å². The van der Waals surface area contributed by atoms with Crippen molar-refractivity contribution in [3.63, 3.8) is 0 Å². The van der Waals surface area contributed by atoms with Gasteiger partial charge in [0.2, 0.25) is 0 Å². The lowest BCUT2D eigenvalue weighted by Gasteiger charge is -2.21. The molecule has 2 rings (SSSR count). The molecule has 1 aromatic rings. The van der Waals surface area contributed by atoms with Gasteiger partial charge >= 0.3 is 0 Å². The molecule has 0 N–H and O–H groups in total. The van der Waals surface area contributed by atoms with Crippen LogP contribution in [0.3, 0.4) is 0 Å². The van der Waals surface area contributed by atoms with Gasteiger partial charge in [0, 0.05) is 6.54 Å². The van der Waals surface area contributed by atoms with E-state index in [1.165, 1.54) is 4.31 Å². The van der Waals surface area contributed by atoms with Crippen molar-refractivity contribution in [1.82, 2.24) is 0 Å². The maximum Gasteiger partial charge on any atom is 0.251 e. The fourth-order valence-electron chi connectivity index (χ4n) is 2.09. The number of hydrogen-bond donors (Lipinski definition) is 0. The SMILES string of the molecule is CCC(C#N)S(=O)(=O)N1CCc2ccccc21. The maximum absolute atomic E-state index is 12.3. The van der Waals surface area contributed by atoms with Gasteiger partial charge in [-0.3, -0.25) is 4.31 Å². The second-order valence-corrected chi connectivity index (χ2v) is 6.06. The van der Waals surface area contributed by atoms with Crippen LogP contribution >= 0.6 is 0 Å². The summed E-state index contributed by atoms with van der Waals surface area (Å²) in [5.74, 6) is 0. The lowest BCUT2D eigenvalue weighted by atomic mass is 10.2. The number of benzene rings is 1. The minimum atomic E-state index is -3.54. The van der Waals surface area contributed by atoms with Gasteiger partial charge in [-0.15, -0.1) is 0 Å². The molecule has 0 bridgehead atoms. The molecule has 90 valence electrons. The zero-order valence-corrected chi connectivity index (χ0v) is 10.4. The van der Waals surface area contributed by atoms with Crippen LogP contribution in [0.1, 0.15) is 18.9 Å². The van der Waals surface area contributed by atoms with Crippen molar-refractivity contribution in [2.45, 2.75) is 25.0 Å². The average Bonchev–Trinajstić information content (AvgIpc) is 2.74. The van der Waals surface area contributed by atoms with Gasteiger partial charge < -0.3 is 0 Å². The number of sulfonamides is 1. The standard InChI is InChI=1S/C12H14N2O2S/c1-2-11(9-13)17(15,16)14-8-7-10-5-3-4-6-12(10)14/h3-6,11H,2,7-8H2,1H3. The molecule has 17 heavy (non-hydrogen) atoms. The molecule has 0 fully saturated rings. The summed E-state index contributed by atoms with van der Waals surface area (Å²) in [6, 6.07) is 9.31. The summed E-state index contributed by atoms with van der Waals surface area (Å²) in [5, 5.41) is 7.96. The number of anilines is 1. The van der Waals surface area contributed by atoms with Crippen molar-refractivity contribution < 1.29 is 8.42 Å². The van der Waals surface area contributed by atoms with Crippen LogP contribution in [0.25, 0.3) is 0 Å². The molecule has 1 aliphatic heterocycles. The Balaban J connectivity index is 2.42. The first-order valence-corrected chi connectivity index (χ1v) is 7.10. The summed E-state index contributed by atoms with van der Waals surface area (Å²) in [5.41, 5.74) is 1.75. The highest BCUT2D eigenvalue weighted by Crippen LogP contribution is 2.31. The Kier molecular flexibility index (Phi) is 3.07. The molecular weight excluding hydrogens is 236 g/mol. The van der Waals surface area contributed by atoms with Crippen molar-refractivity contribution in [3.8, 4) is 6.07 Å². The Morgan fingerprint density at radius 1 is 1.47 bits per heavy atom. The number of nitriles is 1. The van der Waals surface area contributed by atoms with E-state index < -0.39 is 15.3 Å². The first kappa shape index (κ1) is 11.9. The van der Waals surface area contributed by atoms with E-state index in [0.717, 1.165) is 17.7 Å². The van der Waals surface area contributed by atoms with Gasteiger partial charge in [0.15, 0.2) is 5.25 Å². The minimum absolute atomic E-state index is 0.317. The molecule has 0 saturated heterocycles. The van der Waals surface area contributed by atoms with E-state index in [-0.39, 0.29) is 0 Å². The third-order valence-electron chi connectivity index (χ3n) is 3.03. The number of fused-ring (bicyclic) bond motifs is 1. The number of para-hydroxylation sites is 1. The van der Waals surface area contributed by atoms with Crippen molar-refractivity contribution in [2.24, 2.45) is 0 Å². The predicted octanol–water partition coefficient (Wildman–Crippen LogP) is 1.68. The molecule has 0 aromatic heterocycles. The van der Waals surface area contributed by atoms with Crippen LogP contribution < -0.4 is 4.31 Å². The van der Waals surface area contributed by atoms with Gasteiger partial charge in [-0.25, -0.2) is 8.42 Å². The molecule has 0 saturated carbocycles. The lowest BCUT2D eigenvalue weighted by molar-refractivity contribution is 0.583. The fourth-order valence-corrected chi connectivity index (χ4v) is 3.75. The topological polar surface area (TPSA) is 61.2 Å². The van der Waals surface area contributed by atoms with Gasteiger partial charge in [0.25, 0.3) is 10.0 Å². The predicted molar refractivity (Wildman–Crippen MR) is 66.1 cm³/mol. The van der Waals surface area contributed by atoms with Gasteiger partial charge in [-0.05, 0) is 24.5 Å². The van der Waals surface area contributed by atoms with E-state index in [9.17, 15) is 8.42 Å². The van der Waals surface area contributed by atoms with Crippen LogP contribution in [0.2, 0.25) is 0 Å². The van der Waals surface area contributed by atoms with E-state index in [2.05, 4.69) is 0 Å². The normalized spacial score (nSPS) is 16.4. The lowest BCUT2D eigenvalue weighted by Crippen LogP contribution is -2.36. The van der Waals surface area contributed by atoms with Crippen molar-refractivity contribution in [1.29, 1.82) is 5.26 Å². The van der Waals surface area contributed by atoms with Crippen LogP contribution in [0.4, 0.5) is 5.69 Å². The smallest absolute Gasteiger partial charge is 0.251 e. The Hall–Kier alpha value is -1.54. The van der Waals surface area contributed by atoms with E-state index in [1.807, 2.05) is 24.3 Å². The molecule has 4 nitrogen and oxygen atoms in total. The second kappa shape index (κ2) is 4.38. The third kappa shape index (κ3) is 1.89.